The molecule has 0 aliphatic carbocycles. The van der Waals surface area contributed by atoms with E-state index in [2.05, 4.69) is 10.3 Å². The normalized spacial score (nSPS) is 10.3. The fraction of sp³-hybridized carbons (Fsp3) is 0.154. The maximum atomic E-state index is 11.9. The summed E-state index contributed by atoms with van der Waals surface area (Å²) < 4.78 is 0. The molecule has 0 unspecified atom stereocenters. The number of carbonyl (C=O) groups is 2. The lowest BCUT2D eigenvalue weighted by Gasteiger charge is -2.04. The highest BCUT2D eigenvalue weighted by molar-refractivity contribution is 7.13. The molecule has 104 valence electrons. The van der Waals surface area contributed by atoms with Crippen molar-refractivity contribution in [2.24, 2.45) is 0 Å². The number of carboxylic acids is 1. The van der Waals surface area contributed by atoms with Crippen molar-refractivity contribution < 1.29 is 14.7 Å². The lowest BCUT2D eigenvalue weighted by atomic mass is 10.2. The fourth-order valence-electron chi connectivity index (χ4n) is 1.68. The molecule has 2 rings (SSSR count). The molecule has 0 saturated carbocycles. The van der Waals surface area contributed by atoms with E-state index in [9.17, 15) is 9.59 Å². The first-order valence-electron chi connectivity index (χ1n) is 5.70. The number of hydrogen-bond acceptors (Lipinski definition) is 4. The highest BCUT2D eigenvalue weighted by Crippen LogP contribution is 2.19. The molecule has 20 heavy (non-hydrogen) atoms. The van der Waals surface area contributed by atoms with Crippen LogP contribution in [0, 0.1) is 6.92 Å². The van der Waals surface area contributed by atoms with Gasteiger partial charge in [-0.05, 0) is 25.1 Å². The van der Waals surface area contributed by atoms with Gasteiger partial charge < -0.3 is 10.4 Å². The van der Waals surface area contributed by atoms with Crippen LogP contribution < -0.4 is 5.32 Å². The average Bonchev–Trinajstić information content (AvgIpc) is 2.70. The van der Waals surface area contributed by atoms with Crippen LogP contribution in [0.1, 0.15) is 20.4 Å². The van der Waals surface area contributed by atoms with Crippen LogP contribution in [0.15, 0.2) is 24.3 Å². The fourth-order valence-corrected chi connectivity index (χ4v) is 2.65. The summed E-state index contributed by atoms with van der Waals surface area (Å²) in [5.74, 6) is -1.40. The van der Waals surface area contributed by atoms with Gasteiger partial charge in [-0.15, -0.1) is 11.3 Å². The Morgan fingerprint density at radius 2 is 2.20 bits per heavy atom. The second-order valence-electron chi connectivity index (χ2n) is 4.05. The van der Waals surface area contributed by atoms with Crippen LogP contribution >= 0.6 is 22.9 Å². The number of amides is 1. The number of anilines is 1. The van der Waals surface area contributed by atoms with Gasteiger partial charge in [-0.3, -0.25) is 4.79 Å². The number of carboxylic acid groups (broad SMARTS) is 1. The van der Waals surface area contributed by atoms with Gasteiger partial charge >= 0.3 is 5.97 Å². The van der Waals surface area contributed by atoms with Crippen molar-refractivity contribution in [3.8, 4) is 0 Å². The molecule has 2 N–H and O–H groups in total. The molecular formula is C13H11ClN2O3S. The van der Waals surface area contributed by atoms with E-state index in [0.717, 1.165) is 11.3 Å². The molecule has 5 nitrogen and oxygen atoms in total. The van der Waals surface area contributed by atoms with Crippen LogP contribution in [0.25, 0.3) is 0 Å². The van der Waals surface area contributed by atoms with Gasteiger partial charge in [-0.25, -0.2) is 9.78 Å². The van der Waals surface area contributed by atoms with E-state index in [0.29, 0.717) is 15.7 Å². The van der Waals surface area contributed by atoms with Crippen molar-refractivity contribution in [3.05, 3.63) is 44.9 Å². The number of nitrogens with zero attached hydrogens (tertiary/aromatic N) is 1. The maximum Gasteiger partial charge on any atom is 0.347 e. The molecule has 0 aliphatic rings. The van der Waals surface area contributed by atoms with Crippen LogP contribution in [0.5, 0.6) is 0 Å². The van der Waals surface area contributed by atoms with E-state index >= 15 is 0 Å². The van der Waals surface area contributed by atoms with Crippen LogP contribution in [0.2, 0.25) is 5.02 Å². The van der Waals surface area contributed by atoms with Crippen molar-refractivity contribution >= 4 is 40.5 Å². The minimum atomic E-state index is -1.07. The lowest BCUT2D eigenvalue weighted by molar-refractivity contribution is -0.115. The largest absolute Gasteiger partial charge is 0.477 e. The van der Waals surface area contributed by atoms with Gasteiger partial charge in [0.05, 0.1) is 17.1 Å². The maximum absolute atomic E-state index is 11.9. The van der Waals surface area contributed by atoms with Gasteiger partial charge in [0.15, 0.2) is 0 Å². The molecule has 1 amide bonds. The number of aromatic carboxylic acids is 1. The van der Waals surface area contributed by atoms with Crippen molar-refractivity contribution in [1.82, 2.24) is 4.98 Å². The van der Waals surface area contributed by atoms with E-state index in [4.69, 9.17) is 16.7 Å². The number of nitrogens with one attached hydrogen (secondary N) is 1. The standard InChI is InChI=1S/C13H11ClN2O3S/c1-7-15-10(12(20-7)13(18)19)6-11(17)16-9-4-2-3-8(14)5-9/h2-5H,6H2,1H3,(H,16,17)(H,18,19). The molecule has 0 fully saturated rings. The SMILES string of the molecule is Cc1nc(CC(=O)Nc2cccc(Cl)c2)c(C(=O)O)s1. The summed E-state index contributed by atoms with van der Waals surface area (Å²) in [5, 5.41) is 12.8. The highest BCUT2D eigenvalue weighted by atomic mass is 35.5. The molecule has 7 heteroatoms. The zero-order chi connectivity index (χ0) is 14.7. The van der Waals surface area contributed by atoms with Crippen molar-refractivity contribution in [3.63, 3.8) is 0 Å². The van der Waals surface area contributed by atoms with Crippen molar-refractivity contribution in [2.75, 3.05) is 5.32 Å². The molecule has 1 heterocycles. The molecular weight excluding hydrogens is 300 g/mol. The van der Waals surface area contributed by atoms with Gasteiger partial charge in [-0.2, -0.15) is 0 Å². The van der Waals surface area contributed by atoms with Gasteiger partial charge in [0.1, 0.15) is 4.88 Å². The summed E-state index contributed by atoms with van der Waals surface area (Å²) in [5.41, 5.74) is 0.839. The van der Waals surface area contributed by atoms with Crippen LogP contribution in [0.3, 0.4) is 0 Å². The second kappa shape index (κ2) is 6.02. The van der Waals surface area contributed by atoms with E-state index < -0.39 is 5.97 Å². The molecule has 1 aromatic carbocycles. The number of carbonyl (C=O) groups excluding carboxylic acids is 1. The lowest BCUT2D eigenvalue weighted by Crippen LogP contribution is -2.16. The monoisotopic (exact) mass is 310 g/mol. The van der Waals surface area contributed by atoms with Gasteiger partial charge in [-0.1, -0.05) is 17.7 Å². The smallest absolute Gasteiger partial charge is 0.347 e. The summed E-state index contributed by atoms with van der Waals surface area (Å²) in [6.07, 6.45) is -0.0848. The number of halogens is 1. The number of thiazole rings is 1. The third-order valence-electron chi connectivity index (χ3n) is 2.43. The van der Waals surface area contributed by atoms with Crippen LogP contribution in [-0.4, -0.2) is 22.0 Å². The Labute approximate surface area is 124 Å². The molecule has 0 radical (unpaired) electrons. The Balaban J connectivity index is 2.10. The summed E-state index contributed by atoms with van der Waals surface area (Å²) in [7, 11) is 0. The summed E-state index contributed by atoms with van der Waals surface area (Å²) in [4.78, 5) is 27.1. The molecule has 1 aromatic heterocycles. The molecule has 2 aromatic rings. The molecule has 0 aliphatic heterocycles. The topological polar surface area (TPSA) is 79.3 Å². The Morgan fingerprint density at radius 3 is 2.85 bits per heavy atom. The summed E-state index contributed by atoms with van der Waals surface area (Å²) in [6.45, 7) is 1.70. The van der Waals surface area contributed by atoms with Crippen molar-refractivity contribution in [2.45, 2.75) is 13.3 Å². The molecule has 0 saturated heterocycles. The zero-order valence-corrected chi connectivity index (χ0v) is 12.1. The number of rotatable bonds is 4. The third-order valence-corrected chi connectivity index (χ3v) is 3.67. The zero-order valence-electron chi connectivity index (χ0n) is 10.5. The van der Waals surface area contributed by atoms with E-state index in [1.807, 2.05) is 0 Å². The minimum absolute atomic E-state index is 0.0848. The molecule has 0 bridgehead atoms. The first kappa shape index (κ1) is 14.5. The van der Waals surface area contributed by atoms with E-state index in [1.54, 1.807) is 31.2 Å². The number of hydrogen-bond donors (Lipinski definition) is 2. The first-order valence-corrected chi connectivity index (χ1v) is 6.90. The molecule has 0 atom stereocenters. The molecule has 0 spiro atoms. The average molecular weight is 311 g/mol. The Hall–Kier alpha value is -1.92. The van der Waals surface area contributed by atoms with Crippen molar-refractivity contribution in [1.29, 1.82) is 0 Å². The Bertz CT molecular complexity index is 669. The highest BCUT2D eigenvalue weighted by Gasteiger charge is 2.18. The van der Waals surface area contributed by atoms with Gasteiger partial charge in [0.25, 0.3) is 0 Å². The second-order valence-corrected chi connectivity index (χ2v) is 5.69. The third kappa shape index (κ3) is 3.55. The number of benzene rings is 1. The van der Waals surface area contributed by atoms with Gasteiger partial charge in [0.2, 0.25) is 5.91 Å². The van der Waals surface area contributed by atoms with Gasteiger partial charge in [0, 0.05) is 10.7 Å². The number of aromatic nitrogens is 1. The van der Waals surface area contributed by atoms with E-state index in [-0.39, 0.29) is 22.9 Å². The minimum Gasteiger partial charge on any atom is -0.477 e. The van der Waals surface area contributed by atoms with E-state index in [1.165, 1.54) is 0 Å². The predicted molar refractivity (Wildman–Crippen MR) is 77.6 cm³/mol. The predicted octanol–water partition coefficient (Wildman–Crippen LogP) is 2.98. The quantitative estimate of drug-likeness (QED) is 0.910. The van der Waals surface area contributed by atoms with Crippen LogP contribution in [0.4, 0.5) is 5.69 Å². The summed E-state index contributed by atoms with van der Waals surface area (Å²) in [6, 6.07) is 6.73. The number of aryl methyl sites for hydroxylation is 1. The first-order chi connectivity index (χ1) is 9.45. The summed E-state index contributed by atoms with van der Waals surface area (Å²) >= 11 is 6.88. The Kier molecular flexibility index (Phi) is 4.36. The Morgan fingerprint density at radius 1 is 1.45 bits per heavy atom. The van der Waals surface area contributed by atoms with Crippen LogP contribution in [-0.2, 0) is 11.2 Å².